The van der Waals surface area contributed by atoms with Crippen LogP contribution in [0.4, 0.5) is 0 Å². The molecule has 9 nitrogen and oxygen atoms in total. The van der Waals surface area contributed by atoms with Crippen molar-refractivity contribution in [3.05, 3.63) is 71.8 Å². The van der Waals surface area contributed by atoms with Crippen molar-refractivity contribution in [2.24, 2.45) is 11.5 Å². The van der Waals surface area contributed by atoms with Gasteiger partial charge < -0.3 is 31.9 Å². The third kappa shape index (κ3) is 7.72. The standard InChI is InChI=1S/C26H30N4O5/c27-22(13-17-7-9-20(31)10-8-17)26(34)29-11-3-4-12-35-23-15-19-6-2-1-5-18(19)14-21(23)25(33)30-16-24(28)32/h1-2,5-10,14-15,22,31H,3-4,11-13,16,27H2,(H2,28,32)(H,29,34)(H,30,33). The van der Waals surface area contributed by atoms with Crippen LogP contribution in [0.5, 0.6) is 11.5 Å². The summed E-state index contributed by atoms with van der Waals surface area (Å²) in [4.78, 5) is 35.8. The number of benzene rings is 3. The quantitative estimate of drug-likeness (QED) is 0.249. The van der Waals surface area contributed by atoms with Gasteiger partial charge in [-0.15, -0.1) is 0 Å². The van der Waals surface area contributed by atoms with E-state index < -0.39 is 17.9 Å². The first-order valence-electron chi connectivity index (χ1n) is 11.4. The maximum Gasteiger partial charge on any atom is 0.255 e. The molecule has 0 aliphatic carbocycles. The maximum atomic E-state index is 12.6. The maximum absolute atomic E-state index is 12.6. The van der Waals surface area contributed by atoms with Gasteiger partial charge in [0.15, 0.2) is 0 Å². The molecule has 0 saturated heterocycles. The number of amides is 3. The van der Waals surface area contributed by atoms with E-state index in [9.17, 15) is 19.5 Å². The molecule has 3 amide bonds. The van der Waals surface area contributed by atoms with Gasteiger partial charge in [0.2, 0.25) is 11.8 Å². The number of phenolic OH excluding ortho intramolecular Hbond substituents is 1. The lowest BCUT2D eigenvalue weighted by Gasteiger charge is -2.14. The molecule has 0 aromatic heterocycles. The van der Waals surface area contributed by atoms with Gasteiger partial charge in [-0.2, -0.15) is 0 Å². The summed E-state index contributed by atoms with van der Waals surface area (Å²) in [5, 5.41) is 16.4. The van der Waals surface area contributed by atoms with E-state index >= 15 is 0 Å². The van der Waals surface area contributed by atoms with E-state index in [0.717, 1.165) is 16.3 Å². The number of ether oxygens (including phenoxy) is 1. The molecule has 0 spiro atoms. The van der Waals surface area contributed by atoms with Crippen LogP contribution in [0.15, 0.2) is 60.7 Å². The molecule has 3 aromatic rings. The van der Waals surface area contributed by atoms with Gasteiger partial charge in [-0.25, -0.2) is 0 Å². The van der Waals surface area contributed by atoms with Crippen molar-refractivity contribution >= 4 is 28.5 Å². The van der Waals surface area contributed by atoms with Crippen LogP contribution in [0.3, 0.4) is 0 Å². The number of hydrogen-bond donors (Lipinski definition) is 5. The summed E-state index contributed by atoms with van der Waals surface area (Å²) in [5.74, 6) is -0.755. The van der Waals surface area contributed by atoms with Gasteiger partial charge in [0.25, 0.3) is 5.91 Å². The molecule has 0 bridgehead atoms. The zero-order valence-electron chi connectivity index (χ0n) is 19.3. The molecule has 0 aliphatic heterocycles. The number of carbonyl (C=O) groups is 3. The van der Waals surface area contributed by atoms with Crippen molar-refractivity contribution in [2.75, 3.05) is 19.7 Å². The first kappa shape index (κ1) is 25.5. The molecule has 3 rings (SSSR count). The highest BCUT2D eigenvalue weighted by atomic mass is 16.5. The van der Waals surface area contributed by atoms with Gasteiger partial charge in [-0.1, -0.05) is 36.4 Å². The van der Waals surface area contributed by atoms with Crippen molar-refractivity contribution in [2.45, 2.75) is 25.3 Å². The molecule has 1 atom stereocenters. The fourth-order valence-electron chi connectivity index (χ4n) is 3.51. The molecule has 35 heavy (non-hydrogen) atoms. The van der Waals surface area contributed by atoms with Crippen LogP contribution >= 0.6 is 0 Å². The molecule has 1 unspecified atom stereocenters. The molecule has 184 valence electrons. The average Bonchev–Trinajstić information content (AvgIpc) is 2.85. The largest absolute Gasteiger partial charge is 0.508 e. The van der Waals surface area contributed by atoms with Crippen LogP contribution in [-0.2, 0) is 16.0 Å². The Morgan fingerprint density at radius 2 is 1.63 bits per heavy atom. The first-order valence-corrected chi connectivity index (χ1v) is 11.4. The Labute approximate surface area is 203 Å². The molecular formula is C26H30N4O5. The fourth-order valence-corrected chi connectivity index (χ4v) is 3.51. The van der Waals surface area contributed by atoms with Crippen LogP contribution in [-0.4, -0.2) is 48.6 Å². The molecular weight excluding hydrogens is 448 g/mol. The molecule has 0 aliphatic rings. The Morgan fingerprint density at radius 3 is 2.31 bits per heavy atom. The Morgan fingerprint density at radius 1 is 0.943 bits per heavy atom. The predicted molar refractivity (Wildman–Crippen MR) is 133 cm³/mol. The van der Waals surface area contributed by atoms with Gasteiger partial charge in [-0.3, -0.25) is 14.4 Å². The second-order valence-electron chi connectivity index (χ2n) is 8.17. The predicted octanol–water partition coefficient (Wildman–Crippen LogP) is 1.61. The minimum atomic E-state index is -0.685. The number of unbranched alkanes of at least 4 members (excludes halogenated alkanes) is 1. The average molecular weight is 479 g/mol. The highest BCUT2D eigenvalue weighted by Gasteiger charge is 2.16. The van der Waals surface area contributed by atoms with Gasteiger partial charge in [0.1, 0.15) is 11.5 Å². The third-order valence-electron chi connectivity index (χ3n) is 5.37. The minimum Gasteiger partial charge on any atom is -0.508 e. The summed E-state index contributed by atoms with van der Waals surface area (Å²) in [6.45, 7) is 0.513. The highest BCUT2D eigenvalue weighted by molar-refractivity contribution is 6.02. The number of carbonyl (C=O) groups excluding carboxylic acids is 3. The normalized spacial score (nSPS) is 11.6. The van der Waals surface area contributed by atoms with Crippen LogP contribution in [0.1, 0.15) is 28.8 Å². The van der Waals surface area contributed by atoms with Crippen molar-refractivity contribution < 1.29 is 24.2 Å². The van der Waals surface area contributed by atoms with Crippen molar-refractivity contribution in [3.8, 4) is 11.5 Å². The molecule has 0 saturated carbocycles. The summed E-state index contributed by atoms with van der Waals surface area (Å²) < 4.78 is 5.88. The van der Waals surface area contributed by atoms with Crippen LogP contribution < -0.4 is 26.8 Å². The Bertz CT molecular complexity index is 1180. The van der Waals surface area contributed by atoms with E-state index in [4.69, 9.17) is 16.2 Å². The molecule has 0 radical (unpaired) electrons. The first-order chi connectivity index (χ1) is 16.8. The molecule has 0 fully saturated rings. The van der Waals surface area contributed by atoms with E-state index in [0.29, 0.717) is 43.7 Å². The van der Waals surface area contributed by atoms with Gasteiger partial charge in [0.05, 0.1) is 24.8 Å². The summed E-state index contributed by atoms with van der Waals surface area (Å²) in [7, 11) is 0. The van der Waals surface area contributed by atoms with Crippen molar-refractivity contribution in [1.29, 1.82) is 0 Å². The summed E-state index contributed by atoms with van der Waals surface area (Å²) in [6, 6.07) is 17.0. The van der Waals surface area contributed by atoms with Crippen LogP contribution in [0.2, 0.25) is 0 Å². The number of aromatic hydroxyl groups is 1. The Hall–Kier alpha value is -4.11. The topological polar surface area (TPSA) is 157 Å². The highest BCUT2D eigenvalue weighted by Crippen LogP contribution is 2.26. The Kier molecular flexibility index (Phi) is 9.02. The summed E-state index contributed by atoms with van der Waals surface area (Å²) >= 11 is 0. The number of nitrogens with two attached hydrogens (primary N) is 2. The summed E-state index contributed by atoms with van der Waals surface area (Å²) in [6.07, 6.45) is 1.68. The lowest BCUT2D eigenvalue weighted by molar-refractivity contribution is -0.122. The smallest absolute Gasteiger partial charge is 0.255 e. The van der Waals surface area contributed by atoms with E-state index in [1.165, 1.54) is 0 Å². The van der Waals surface area contributed by atoms with Crippen molar-refractivity contribution in [1.82, 2.24) is 10.6 Å². The monoisotopic (exact) mass is 478 g/mol. The number of rotatable bonds is 12. The van der Waals surface area contributed by atoms with E-state index in [1.807, 2.05) is 24.3 Å². The molecule has 3 aromatic carbocycles. The number of nitrogens with one attached hydrogen (secondary N) is 2. The third-order valence-corrected chi connectivity index (χ3v) is 5.37. The second kappa shape index (κ2) is 12.4. The number of primary amides is 1. The van der Waals surface area contributed by atoms with E-state index in [2.05, 4.69) is 10.6 Å². The molecule has 7 N–H and O–H groups in total. The Balaban J connectivity index is 1.48. The van der Waals surface area contributed by atoms with Crippen LogP contribution in [0, 0.1) is 0 Å². The summed E-state index contributed by atoms with van der Waals surface area (Å²) in [5.41, 5.74) is 12.3. The van der Waals surface area contributed by atoms with E-state index in [-0.39, 0.29) is 18.2 Å². The second-order valence-corrected chi connectivity index (χ2v) is 8.17. The lowest BCUT2D eigenvalue weighted by atomic mass is 10.1. The van der Waals surface area contributed by atoms with Crippen LogP contribution in [0.25, 0.3) is 10.8 Å². The zero-order chi connectivity index (χ0) is 25.2. The number of hydrogen-bond acceptors (Lipinski definition) is 6. The zero-order valence-corrected chi connectivity index (χ0v) is 19.3. The lowest BCUT2D eigenvalue weighted by Crippen LogP contribution is -2.42. The molecule has 9 heteroatoms. The van der Waals surface area contributed by atoms with Gasteiger partial charge in [-0.05, 0) is 59.9 Å². The van der Waals surface area contributed by atoms with E-state index in [1.54, 1.807) is 36.4 Å². The number of phenols is 1. The van der Waals surface area contributed by atoms with Crippen molar-refractivity contribution in [3.63, 3.8) is 0 Å². The number of fused-ring (bicyclic) bond motifs is 1. The fraction of sp³-hybridized carbons (Fsp3) is 0.269. The van der Waals surface area contributed by atoms with Gasteiger partial charge >= 0.3 is 0 Å². The molecule has 0 heterocycles. The minimum absolute atomic E-state index is 0.163. The SMILES string of the molecule is NC(=O)CNC(=O)c1cc2ccccc2cc1OCCCCNC(=O)C(N)Cc1ccc(O)cc1. The van der Waals surface area contributed by atoms with Gasteiger partial charge in [0, 0.05) is 6.54 Å².